The second-order valence-corrected chi connectivity index (χ2v) is 14.2. The summed E-state index contributed by atoms with van der Waals surface area (Å²) in [6, 6.07) is 23.4. The third-order valence-corrected chi connectivity index (χ3v) is 8.97. The lowest BCUT2D eigenvalue weighted by Gasteiger charge is -2.42. The minimum absolute atomic E-state index is 0.102. The van der Waals surface area contributed by atoms with Crippen LogP contribution < -0.4 is 15.0 Å². The van der Waals surface area contributed by atoms with Crippen LogP contribution in [0.4, 0.5) is 10.5 Å². The Morgan fingerprint density at radius 3 is 2.36 bits per heavy atom. The minimum atomic E-state index is -1.34. The number of benzene rings is 3. The van der Waals surface area contributed by atoms with Crippen molar-refractivity contribution in [2.75, 3.05) is 31.1 Å². The summed E-state index contributed by atoms with van der Waals surface area (Å²) >= 11 is 0. The van der Waals surface area contributed by atoms with Gasteiger partial charge in [-0.05, 0) is 78.1 Å². The molecule has 11 nitrogen and oxygen atoms in total. The van der Waals surface area contributed by atoms with Gasteiger partial charge in [0.15, 0.2) is 0 Å². The molecular weight excluding hydrogens is 636 g/mol. The van der Waals surface area contributed by atoms with Gasteiger partial charge in [-0.15, -0.1) is 5.06 Å². The molecule has 3 aromatic carbocycles. The van der Waals surface area contributed by atoms with Gasteiger partial charge < -0.3 is 29.4 Å². The van der Waals surface area contributed by atoms with Crippen molar-refractivity contribution in [3.63, 3.8) is 0 Å². The number of nitrogens with zero attached hydrogens (tertiary/aromatic N) is 3. The topological polar surface area (TPSA) is 118 Å². The molecule has 1 unspecified atom stereocenters. The third kappa shape index (κ3) is 8.27. The first kappa shape index (κ1) is 36.4. The number of amides is 3. The maximum Gasteiger partial charge on any atom is 0.407 e. The molecule has 1 fully saturated rings. The average Bonchev–Trinajstić information content (AvgIpc) is 3.09. The van der Waals surface area contributed by atoms with E-state index in [1.165, 1.54) is 0 Å². The van der Waals surface area contributed by atoms with Crippen LogP contribution in [0.25, 0.3) is 0 Å². The van der Waals surface area contributed by atoms with Crippen molar-refractivity contribution in [2.24, 2.45) is 5.41 Å². The molecule has 2 heterocycles. The maximum atomic E-state index is 14.3. The van der Waals surface area contributed by atoms with Gasteiger partial charge in [-0.1, -0.05) is 60.7 Å². The monoisotopic (exact) mass is 684 g/mol. The summed E-state index contributed by atoms with van der Waals surface area (Å²) in [5.41, 5.74) is 0.370. The number of fused-ring (bicyclic) bond motifs is 1. The molecule has 0 bridgehead atoms. The molecule has 0 spiro atoms. The first-order valence-electron chi connectivity index (χ1n) is 17.2. The van der Waals surface area contributed by atoms with Crippen LogP contribution in [0.2, 0.25) is 0 Å². The van der Waals surface area contributed by atoms with Crippen LogP contribution in [0.3, 0.4) is 0 Å². The van der Waals surface area contributed by atoms with E-state index in [4.69, 9.17) is 14.3 Å². The van der Waals surface area contributed by atoms with Crippen LogP contribution in [0.15, 0.2) is 78.9 Å². The Morgan fingerprint density at radius 2 is 1.70 bits per heavy atom. The first-order chi connectivity index (χ1) is 23.8. The van der Waals surface area contributed by atoms with Gasteiger partial charge in [-0.3, -0.25) is 9.59 Å². The van der Waals surface area contributed by atoms with E-state index in [9.17, 15) is 19.2 Å². The number of piperidine rings is 1. The molecule has 2 atom stereocenters. The Balaban J connectivity index is 1.37. The molecule has 1 saturated heterocycles. The molecule has 0 saturated carbocycles. The highest BCUT2D eigenvalue weighted by Gasteiger charge is 2.46. The van der Waals surface area contributed by atoms with Crippen LogP contribution in [0.1, 0.15) is 75.9 Å². The lowest BCUT2D eigenvalue weighted by Crippen LogP contribution is -2.54. The second-order valence-electron chi connectivity index (χ2n) is 14.2. The fourth-order valence-corrected chi connectivity index (χ4v) is 6.24. The van der Waals surface area contributed by atoms with Crippen molar-refractivity contribution in [2.45, 2.75) is 78.7 Å². The largest absolute Gasteiger partial charge is 0.471 e. The number of nitrogens with one attached hydrogen (secondary N) is 1. The van der Waals surface area contributed by atoms with Gasteiger partial charge in [-0.25, -0.2) is 9.59 Å². The highest BCUT2D eigenvalue weighted by atomic mass is 16.7. The predicted molar refractivity (Wildman–Crippen MR) is 189 cm³/mol. The van der Waals surface area contributed by atoms with Crippen molar-refractivity contribution in [3.8, 4) is 5.75 Å². The van der Waals surface area contributed by atoms with Gasteiger partial charge in [0.05, 0.1) is 17.6 Å². The summed E-state index contributed by atoms with van der Waals surface area (Å²) < 4.78 is 11.8. The first-order valence-corrected chi connectivity index (χ1v) is 17.2. The van der Waals surface area contributed by atoms with Gasteiger partial charge in [0.2, 0.25) is 5.60 Å². The number of carbonyl (C=O) groups is 4. The highest BCUT2D eigenvalue weighted by molar-refractivity contribution is 6.05. The molecule has 50 heavy (non-hydrogen) atoms. The van der Waals surface area contributed by atoms with Gasteiger partial charge in [0, 0.05) is 42.8 Å². The lowest BCUT2D eigenvalue weighted by atomic mass is 9.91. The number of carbonyl (C=O) groups excluding carboxylic acids is 4. The summed E-state index contributed by atoms with van der Waals surface area (Å²) in [5, 5.41) is 4.41. The van der Waals surface area contributed by atoms with Gasteiger partial charge in [-0.2, -0.15) is 0 Å². The second kappa shape index (κ2) is 15.3. The summed E-state index contributed by atoms with van der Waals surface area (Å²) in [4.78, 5) is 62.8. The number of anilines is 1. The summed E-state index contributed by atoms with van der Waals surface area (Å²) in [6.45, 7) is 12.4. The zero-order valence-corrected chi connectivity index (χ0v) is 29.8. The fraction of sp³-hybridized carbons (Fsp3) is 0.436. The molecule has 3 aromatic rings. The van der Waals surface area contributed by atoms with E-state index in [0.717, 1.165) is 18.4 Å². The van der Waals surface area contributed by atoms with Crippen molar-refractivity contribution >= 4 is 29.6 Å². The Bertz CT molecular complexity index is 1670. The Hall–Kier alpha value is -4.90. The quantitative estimate of drug-likeness (QED) is 0.274. The van der Waals surface area contributed by atoms with E-state index >= 15 is 0 Å². The molecule has 266 valence electrons. The Morgan fingerprint density at radius 1 is 1.02 bits per heavy atom. The fourth-order valence-electron chi connectivity index (χ4n) is 6.24. The molecule has 5 rings (SSSR count). The number of hydrogen-bond donors (Lipinski definition) is 1. The standard InChI is InChI=1S/C39H48N4O7/c1-27(2)43(31-18-13-22-41(25-31)50-36(46)38(3,4)5)34(44)29-19-20-33-32(24-29)42(35(45)39(6,49-33)30-16-11-8-12-17-30)23-21-40-37(47)48-26-28-14-9-7-10-15-28/h7-12,14-17,19-20,24,27,31H,13,18,21-23,25-26H2,1-6H3,(H,40,47)/t31-,39?/m1/s1. The Labute approximate surface area is 294 Å². The minimum Gasteiger partial charge on any atom is -0.471 e. The van der Waals surface area contributed by atoms with Crippen molar-refractivity contribution in [1.82, 2.24) is 15.3 Å². The summed E-state index contributed by atoms with van der Waals surface area (Å²) in [6.07, 6.45) is 0.914. The van der Waals surface area contributed by atoms with E-state index in [-0.39, 0.29) is 49.6 Å². The SMILES string of the molecule is CC(C)N(C(=O)c1ccc2c(c1)N(CCNC(=O)OCc1ccccc1)C(=O)C(C)(c1ccccc1)O2)[C@@H]1CCCN(OC(=O)C(C)(C)C)C1. The normalized spacial score (nSPS) is 19.3. The van der Waals surface area contributed by atoms with Crippen molar-refractivity contribution < 1.29 is 33.5 Å². The molecule has 2 aliphatic rings. The summed E-state index contributed by atoms with van der Waals surface area (Å²) in [5.74, 6) is -0.414. The Kier molecular flexibility index (Phi) is 11.2. The van der Waals surface area contributed by atoms with Crippen LogP contribution in [-0.4, -0.2) is 72.1 Å². The van der Waals surface area contributed by atoms with Crippen LogP contribution >= 0.6 is 0 Å². The number of alkyl carbamates (subject to hydrolysis) is 1. The molecule has 0 radical (unpaired) electrons. The zero-order valence-electron chi connectivity index (χ0n) is 29.8. The molecule has 0 aliphatic carbocycles. The third-order valence-electron chi connectivity index (χ3n) is 8.97. The molecule has 11 heteroatoms. The number of hydroxylamine groups is 2. The summed E-state index contributed by atoms with van der Waals surface area (Å²) in [7, 11) is 0. The molecule has 2 aliphatic heterocycles. The molecule has 0 aromatic heterocycles. The maximum absolute atomic E-state index is 14.3. The van der Waals surface area contributed by atoms with E-state index in [2.05, 4.69) is 5.32 Å². The molecule has 3 amide bonds. The van der Waals surface area contributed by atoms with Gasteiger partial charge >= 0.3 is 12.1 Å². The van der Waals surface area contributed by atoms with E-state index in [0.29, 0.717) is 35.7 Å². The van der Waals surface area contributed by atoms with Crippen molar-refractivity contribution in [3.05, 3.63) is 95.6 Å². The van der Waals surface area contributed by atoms with E-state index in [1.807, 2.05) is 100 Å². The van der Waals surface area contributed by atoms with E-state index in [1.54, 1.807) is 35.1 Å². The van der Waals surface area contributed by atoms with Crippen molar-refractivity contribution in [1.29, 1.82) is 0 Å². The number of ether oxygens (including phenoxy) is 2. The lowest BCUT2D eigenvalue weighted by molar-refractivity contribution is -0.208. The highest BCUT2D eigenvalue weighted by Crippen LogP contribution is 2.43. The molecular formula is C39H48N4O7. The van der Waals surface area contributed by atoms with Gasteiger partial charge in [0.25, 0.3) is 11.8 Å². The smallest absolute Gasteiger partial charge is 0.407 e. The number of rotatable bonds is 10. The average molecular weight is 685 g/mol. The van der Waals surface area contributed by atoms with Crippen LogP contribution in [-0.2, 0) is 31.4 Å². The van der Waals surface area contributed by atoms with Crippen LogP contribution in [0, 0.1) is 5.41 Å². The molecule has 1 N–H and O–H groups in total. The predicted octanol–water partition coefficient (Wildman–Crippen LogP) is 6.07. The van der Waals surface area contributed by atoms with Gasteiger partial charge in [0.1, 0.15) is 12.4 Å². The number of hydrogen-bond acceptors (Lipinski definition) is 8. The van der Waals surface area contributed by atoms with E-state index < -0.39 is 17.1 Å². The van der Waals surface area contributed by atoms with Crippen LogP contribution in [0.5, 0.6) is 5.75 Å². The zero-order chi connectivity index (χ0) is 36.1.